The van der Waals surface area contributed by atoms with Gasteiger partial charge < -0.3 is 15.2 Å². The van der Waals surface area contributed by atoms with Gasteiger partial charge in [-0.3, -0.25) is 0 Å². The van der Waals surface area contributed by atoms with Gasteiger partial charge >= 0.3 is 6.03 Å². The monoisotopic (exact) mass is 310 g/mol. The van der Waals surface area contributed by atoms with Gasteiger partial charge in [-0.25, -0.2) is 13.6 Å². The van der Waals surface area contributed by atoms with Crippen LogP contribution < -0.4 is 10.6 Å². The molecule has 6 nitrogen and oxygen atoms in total. The molecule has 2 amide bonds. The minimum absolute atomic E-state index is 0.317. The zero-order valence-electron chi connectivity index (χ0n) is 12.2. The molecule has 0 aliphatic carbocycles. The average Bonchev–Trinajstić information content (AvgIpc) is 2.87. The predicted octanol–water partition coefficient (Wildman–Crippen LogP) is 2.26. The Morgan fingerprint density at radius 2 is 2.14 bits per heavy atom. The maximum Gasteiger partial charge on any atom is 0.315 e. The molecule has 0 saturated heterocycles. The van der Waals surface area contributed by atoms with Crippen LogP contribution in [0.5, 0.6) is 0 Å². The van der Waals surface area contributed by atoms with Gasteiger partial charge in [-0.2, -0.15) is 4.98 Å². The quantitative estimate of drug-likeness (QED) is 0.887. The first-order valence-corrected chi connectivity index (χ1v) is 6.74. The van der Waals surface area contributed by atoms with Crippen LogP contribution in [0, 0.1) is 18.6 Å². The van der Waals surface area contributed by atoms with E-state index in [4.69, 9.17) is 4.52 Å². The molecule has 22 heavy (non-hydrogen) atoms. The number of aryl methyl sites for hydroxylation is 1. The van der Waals surface area contributed by atoms with Gasteiger partial charge in [-0.15, -0.1) is 0 Å². The van der Waals surface area contributed by atoms with Crippen molar-refractivity contribution in [2.45, 2.75) is 26.3 Å². The SMILES string of the molecule is Cc1noc(CCNC(=O)NC(C)c2ccc(F)c(F)c2)n1. The lowest BCUT2D eigenvalue weighted by molar-refractivity contribution is 0.237. The molecule has 0 bridgehead atoms. The van der Waals surface area contributed by atoms with Gasteiger partial charge in [-0.1, -0.05) is 11.2 Å². The third kappa shape index (κ3) is 4.24. The largest absolute Gasteiger partial charge is 0.339 e. The summed E-state index contributed by atoms with van der Waals surface area (Å²) < 4.78 is 30.9. The van der Waals surface area contributed by atoms with Crippen LogP contribution in [0.15, 0.2) is 22.7 Å². The summed E-state index contributed by atoms with van der Waals surface area (Å²) in [6.07, 6.45) is 0.411. The Labute approximate surface area is 125 Å². The van der Waals surface area contributed by atoms with Crippen molar-refractivity contribution in [2.24, 2.45) is 0 Å². The number of rotatable bonds is 5. The summed E-state index contributed by atoms with van der Waals surface area (Å²) in [7, 11) is 0. The molecular formula is C14H16F2N4O2. The number of nitrogens with zero attached hydrogens (tertiary/aromatic N) is 2. The van der Waals surface area contributed by atoms with Crippen molar-refractivity contribution >= 4 is 6.03 Å². The van der Waals surface area contributed by atoms with Gasteiger partial charge in [0.25, 0.3) is 0 Å². The smallest absolute Gasteiger partial charge is 0.315 e. The van der Waals surface area contributed by atoms with Gasteiger partial charge in [0.05, 0.1) is 6.04 Å². The normalized spacial score (nSPS) is 12.0. The Morgan fingerprint density at radius 1 is 1.36 bits per heavy atom. The molecule has 0 aliphatic rings. The lowest BCUT2D eigenvalue weighted by Gasteiger charge is -2.15. The fourth-order valence-electron chi connectivity index (χ4n) is 1.84. The first-order valence-electron chi connectivity index (χ1n) is 6.74. The van der Waals surface area contributed by atoms with Crippen LogP contribution in [0.25, 0.3) is 0 Å². The zero-order chi connectivity index (χ0) is 16.1. The third-order valence-corrected chi connectivity index (χ3v) is 2.99. The van der Waals surface area contributed by atoms with Crippen molar-refractivity contribution in [1.82, 2.24) is 20.8 Å². The first-order chi connectivity index (χ1) is 10.5. The van der Waals surface area contributed by atoms with Crippen molar-refractivity contribution in [1.29, 1.82) is 0 Å². The molecule has 1 atom stereocenters. The highest BCUT2D eigenvalue weighted by atomic mass is 19.2. The molecule has 0 aliphatic heterocycles. The number of amides is 2. The van der Waals surface area contributed by atoms with Gasteiger partial charge in [0.2, 0.25) is 5.89 Å². The molecule has 1 unspecified atom stereocenters. The summed E-state index contributed by atoms with van der Waals surface area (Å²) in [5.74, 6) is -0.897. The van der Waals surface area contributed by atoms with Crippen molar-refractivity contribution in [3.8, 4) is 0 Å². The van der Waals surface area contributed by atoms with E-state index in [2.05, 4.69) is 20.8 Å². The van der Waals surface area contributed by atoms with Crippen LogP contribution in [0.4, 0.5) is 13.6 Å². The minimum atomic E-state index is -0.946. The number of carbonyl (C=O) groups excluding carboxylic acids is 1. The fourth-order valence-corrected chi connectivity index (χ4v) is 1.84. The highest BCUT2D eigenvalue weighted by Crippen LogP contribution is 2.15. The first kappa shape index (κ1) is 15.9. The lowest BCUT2D eigenvalue weighted by atomic mass is 10.1. The van der Waals surface area contributed by atoms with Crippen molar-refractivity contribution in [3.05, 3.63) is 47.1 Å². The maximum atomic E-state index is 13.1. The van der Waals surface area contributed by atoms with Crippen LogP contribution >= 0.6 is 0 Å². The second kappa shape index (κ2) is 6.97. The van der Waals surface area contributed by atoms with Crippen LogP contribution in [0.2, 0.25) is 0 Å². The average molecular weight is 310 g/mol. The summed E-state index contributed by atoms with van der Waals surface area (Å²) in [4.78, 5) is 15.7. The van der Waals surface area contributed by atoms with E-state index in [0.29, 0.717) is 30.2 Å². The topological polar surface area (TPSA) is 80.0 Å². The number of hydrogen-bond acceptors (Lipinski definition) is 4. The van der Waals surface area contributed by atoms with Gasteiger partial charge in [0.15, 0.2) is 17.5 Å². The van der Waals surface area contributed by atoms with Crippen molar-refractivity contribution in [2.75, 3.05) is 6.54 Å². The minimum Gasteiger partial charge on any atom is -0.339 e. The number of urea groups is 1. The van der Waals surface area contributed by atoms with Gasteiger partial charge in [0.1, 0.15) is 0 Å². The van der Waals surface area contributed by atoms with E-state index in [1.807, 2.05) is 0 Å². The molecule has 8 heteroatoms. The molecule has 0 fully saturated rings. The lowest BCUT2D eigenvalue weighted by Crippen LogP contribution is -2.38. The predicted molar refractivity (Wildman–Crippen MR) is 74.0 cm³/mol. The van der Waals surface area contributed by atoms with E-state index in [-0.39, 0.29) is 0 Å². The van der Waals surface area contributed by atoms with Crippen molar-refractivity contribution < 1.29 is 18.1 Å². The van der Waals surface area contributed by atoms with Gasteiger partial charge in [0, 0.05) is 13.0 Å². The highest BCUT2D eigenvalue weighted by Gasteiger charge is 2.12. The van der Waals surface area contributed by atoms with E-state index in [9.17, 15) is 13.6 Å². The number of carbonyl (C=O) groups is 1. The molecular weight excluding hydrogens is 294 g/mol. The molecule has 1 aromatic carbocycles. The number of benzene rings is 1. The molecule has 2 rings (SSSR count). The molecule has 2 N–H and O–H groups in total. The molecule has 1 aromatic heterocycles. The van der Waals surface area contributed by atoms with E-state index in [1.165, 1.54) is 6.07 Å². The molecule has 2 aromatic rings. The third-order valence-electron chi connectivity index (χ3n) is 2.99. The summed E-state index contributed by atoms with van der Waals surface area (Å²) >= 11 is 0. The second-order valence-electron chi connectivity index (χ2n) is 4.78. The number of nitrogens with one attached hydrogen (secondary N) is 2. The standard InChI is InChI=1S/C14H16F2N4O2/c1-8(10-3-4-11(15)12(16)7-10)18-14(21)17-6-5-13-19-9(2)20-22-13/h3-4,7-8H,5-6H2,1-2H3,(H2,17,18,21). The summed E-state index contributed by atoms with van der Waals surface area (Å²) in [6.45, 7) is 3.70. The van der Waals surface area contributed by atoms with E-state index in [1.54, 1.807) is 13.8 Å². The Hall–Kier alpha value is -2.51. The second-order valence-corrected chi connectivity index (χ2v) is 4.78. The summed E-state index contributed by atoms with van der Waals surface area (Å²) in [5.41, 5.74) is 0.474. The maximum absolute atomic E-state index is 13.1. The Balaban J connectivity index is 1.79. The number of hydrogen-bond donors (Lipinski definition) is 2. The zero-order valence-corrected chi connectivity index (χ0v) is 12.2. The van der Waals surface area contributed by atoms with Crippen LogP contribution in [-0.4, -0.2) is 22.7 Å². The summed E-state index contributed by atoms with van der Waals surface area (Å²) in [6, 6.07) is 2.62. The molecule has 118 valence electrons. The molecule has 0 saturated carbocycles. The Bertz CT molecular complexity index is 660. The molecule has 1 heterocycles. The van der Waals surface area contributed by atoms with Crippen LogP contribution in [0.3, 0.4) is 0 Å². The molecule has 0 radical (unpaired) electrons. The van der Waals surface area contributed by atoms with E-state index < -0.39 is 23.7 Å². The van der Waals surface area contributed by atoms with Crippen LogP contribution in [-0.2, 0) is 6.42 Å². The van der Waals surface area contributed by atoms with Gasteiger partial charge in [-0.05, 0) is 31.5 Å². The molecule has 0 spiro atoms. The summed E-state index contributed by atoms with van der Waals surface area (Å²) in [5, 5.41) is 8.89. The Kier molecular flexibility index (Phi) is 5.03. The number of aromatic nitrogens is 2. The van der Waals surface area contributed by atoms with Crippen molar-refractivity contribution in [3.63, 3.8) is 0 Å². The van der Waals surface area contributed by atoms with Crippen LogP contribution in [0.1, 0.15) is 30.2 Å². The highest BCUT2D eigenvalue weighted by molar-refractivity contribution is 5.74. The van der Waals surface area contributed by atoms with E-state index >= 15 is 0 Å². The fraction of sp³-hybridized carbons (Fsp3) is 0.357. The van der Waals surface area contributed by atoms with E-state index in [0.717, 1.165) is 12.1 Å². The number of halogens is 2. The Morgan fingerprint density at radius 3 is 2.77 bits per heavy atom.